The standard InChI is InChI=1S/C10H7BBrO/c12-9-3-1-8(2-4-9)10-7-13-6-5-11-10/h1-7H. The van der Waals surface area contributed by atoms with E-state index in [0.29, 0.717) is 0 Å². The van der Waals surface area contributed by atoms with Crippen LogP contribution in [-0.4, -0.2) is 7.28 Å². The lowest BCUT2D eigenvalue weighted by atomic mass is 9.67. The van der Waals surface area contributed by atoms with Gasteiger partial charge in [-0.15, -0.1) is 0 Å². The van der Waals surface area contributed by atoms with E-state index in [-0.39, 0.29) is 0 Å². The molecule has 0 aromatic heterocycles. The molecular weight excluding hydrogens is 227 g/mol. The molecule has 0 bridgehead atoms. The molecule has 1 nitrogen and oxygen atoms in total. The van der Waals surface area contributed by atoms with Crippen LogP contribution in [0, 0.1) is 0 Å². The molecule has 1 heterocycles. The molecule has 0 saturated carbocycles. The third kappa shape index (κ3) is 2.04. The maximum absolute atomic E-state index is 5.08. The fraction of sp³-hybridized carbons (Fsp3) is 0. The van der Waals surface area contributed by atoms with E-state index in [1.165, 1.54) is 0 Å². The molecule has 0 amide bonds. The summed E-state index contributed by atoms with van der Waals surface area (Å²) in [6.45, 7) is 0. The van der Waals surface area contributed by atoms with Crippen LogP contribution in [0.3, 0.4) is 0 Å². The van der Waals surface area contributed by atoms with Crippen LogP contribution in [0.4, 0.5) is 0 Å². The molecular formula is C10H7BBrO. The highest BCUT2D eigenvalue weighted by Crippen LogP contribution is 2.18. The van der Waals surface area contributed by atoms with Gasteiger partial charge in [-0.1, -0.05) is 34.0 Å². The molecule has 63 valence electrons. The fourth-order valence-electron chi connectivity index (χ4n) is 1.15. The van der Waals surface area contributed by atoms with E-state index in [0.717, 1.165) is 15.5 Å². The van der Waals surface area contributed by atoms with Gasteiger partial charge in [0.2, 0.25) is 0 Å². The van der Waals surface area contributed by atoms with Crippen molar-refractivity contribution in [3.63, 3.8) is 0 Å². The second-order valence-electron chi connectivity index (χ2n) is 2.71. The van der Waals surface area contributed by atoms with Crippen molar-refractivity contribution >= 4 is 28.7 Å². The van der Waals surface area contributed by atoms with Crippen LogP contribution in [0.2, 0.25) is 0 Å². The third-order valence-corrected chi connectivity index (χ3v) is 2.33. The summed E-state index contributed by atoms with van der Waals surface area (Å²) in [4.78, 5) is 0. The number of ether oxygens (including phenoxy) is 1. The van der Waals surface area contributed by atoms with Crippen molar-refractivity contribution in [2.45, 2.75) is 0 Å². The van der Waals surface area contributed by atoms with Gasteiger partial charge in [0, 0.05) is 4.47 Å². The Morgan fingerprint density at radius 3 is 2.54 bits per heavy atom. The topological polar surface area (TPSA) is 9.23 Å². The highest BCUT2D eigenvalue weighted by molar-refractivity contribution is 9.10. The quantitative estimate of drug-likeness (QED) is 0.678. The molecule has 0 saturated heterocycles. The molecule has 2 rings (SSSR count). The van der Waals surface area contributed by atoms with Gasteiger partial charge in [0.05, 0.1) is 12.5 Å². The highest BCUT2D eigenvalue weighted by Gasteiger charge is 2.03. The van der Waals surface area contributed by atoms with Crippen molar-refractivity contribution in [1.29, 1.82) is 0 Å². The van der Waals surface area contributed by atoms with Gasteiger partial charge in [0.1, 0.15) is 0 Å². The highest BCUT2D eigenvalue weighted by atomic mass is 79.9. The zero-order chi connectivity index (χ0) is 9.10. The average Bonchev–Trinajstić information content (AvgIpc) is 2.20. The van der Waals surface area contributed by atoms with Crippen molar-refractivity contribution in [3.05, 3.63) is 52.8 Å². The van der Waals surface area contributed by atoms with Crippen LogP contribution in [0.25, 0.3) is 5.47 Å². The summed E-state index contributed by atoms with van der Waals surface area (Å²) in [5.41, 5.74) is 2.25. The summed E-state index contributed by atoms with van der Waals surface area (Å²) in [6.07, 6.45) is 3.39. The first kappa shape index (κ1) is 8.63. The average molecular weight is 234 g/mol. The lowest BCUT2D eigenvalue weighted by Gasteiger charge is -2.07. The van der Waals surface area contributed by atoms with Gasteiger partial charge in [-0.2, -0.15) is 0 Å². The molecule has 0 atom stereocenters. The van der Waals surface area contributed by atoms with E-state index in [9.17, 15) is 0 Å². The van der Waals surface area contributed by atoms with Crippen molar-refractivity contribution in [2.75, 3.05) is 0 Å². The van der Waals surface area contributed by atoms with Crippen LogP contribution < -0.4 is 0 Å². The second kappa shape index (κ2) is 3.84. The van der Waals surface area contributed by atoms with Crippen LogP contribution in [0.5, 0.6) is 0 Å². The summed E-state index contributed by atoms with van der Waals surface area (Å²) in [5.74, 6) is 1.89. The van der Waals surface area contributed by atoms with Gasteiger partial charge >= 0.3 is 0 Å². The van der Waals surface area contributed by atoms with Gasteiger partial charge in [0.25, 0.3) is 0 Å². The van der Waals surface area contributed by atoms with Gasteiger partial charge in [0.15, 0.2) is 7.28 Å². The Morgan fingerprint density at radius 2 is 1.92 bits per heavy atom. The zero-order valence-electron chi connectivity index (χ0n) is 6.91. The van der Waals surface area contributed by atoms with E-state index in [4.69, 9.17) is 4.74 Å². The van der Waals surface area contributed by atoms with Gasteiger partial charge in [-0.3, -0.25) is 0 Å². The molecule has 0 aliphatic carbocycles. The van der Waals surface area contributed by atoms with Crippen molar-refractivity contribution < 1.29 is 4.74 Å². The second-order valence-corrected chi connectivity index (χ2v) is 3.63. The smallest absolute Gasteiger partial charge is 0.190 e. The minimum atomic E-state index is 1.09. The fourth-order valence-corrected chi connectivity index (χ4v) is 1.41. The number of rotatable bonds is 1. The van der Waals surface area contributed by atoms with E-state index in [1.807, 2.05) is 25.4 Å². The Bertz CT molecular complexity index is 354. The molecule has 1 aromatic rings. The van der Waals surface area contributed by atoms with Gasteiger partial charge in [-0.25, -0.2) is 0 Å². The third-order valence-electron chi connectivity index (χ3n) is 1.81. The summed E-state index contributed by atoms with van der Waals surface area (Å²) in [7, 11) is 2.02. The summed E-state index contributed by atoms with van der Waals surface area (Å²) >= 11 is 3.39. The molecule has 0 fully saturated rings. The number of hydrogen-bond acceptors (Lipinski definition) is 1. The predicted molar refractivity (Wildman–Crippen MR) is 58.1 cm³/mol. The molecule has 0 N–H and O–H groups in total. The molecule has 1 aliphatic rings. The number of benzene rings is 1. The minimum Gasteiger partial charge on any atom is -0.474 e. The summed E-state index contributed by atoms with van der Waals surface area (Å²) < 4.78 is 6.17. The lowest BCUT2D eigenvalue weighted by molar-refractivity contribution is 0.405. The van der Waals surface area contributed by atoms with Gasteiger partial charge < -0.3 is 4.74 Å². The maximum Gasteiger partial charge on any atom is 0.190 e. The zero-order valence-corrected chi connectivity index (χ0v) is 8.49. The monoisotopic (exact) mass is 233 g/mol. The van der Waals surface area contributed by atoms with Gasteiger partial charge in [-0.05, 0) is 23.2 Å². The van der Waals surface area contributed by atoms with E-state index >= 15 is 0 Å². The first-order valence-electron chi connectivity index (χ1n) is 3.98. The Morgan fingerprint density at radius 1 is 1.15 bits per heavy atom. The van der Waals surface area contributed by atoms with Crippen molar-refractivity contribution in [1.82, 2.24) is 0 Å². The van der Waals surface area contributed by atoms with Crippen molar-refractivity contribution in [2.24, 2.45) is 0 Å². The van der Waals surface area contributed by atoms with E-state index in [1.54, 1.807) is 12.5 Å². The summed E-state index contributed by atoms with van der Waals surface area (Å²) in [6, 6.07) is 8.13. The Balaban J connectivity index is 2.25. The molecule has 0 spiro atoms. The van der Waals surface area contributed by atoms with E-state index in [2.05, 4.69) is 28.1 Å². The molecule has 13 heavy (non-hydrogen) atoms. The largest absolute Gasteiger partial charge is 0.474 e. The van der Waals surface area contributed by atoms with Crippen LogP contribution in [-0.2, 0) is 4.74 Å². The molecule has 1 aromatic carbocycles. The van der Waals surface area contributed by atoms with Crippen LogP contribution in [0.15, 0.2) is 47.2 Å². The van der Waals surface area contributed by atoms with Crippen LogP contribution in [0.1, 0.15) is 5.56 Å². The first-order chi connectivity index (χ1) is 6.36. The normalized spacial score (nSPS) is 14.4. The Hall–Kier alpha value is -0.955. The van der Waals surface area contributed by atoms with Crippen molar-refractivity contribution in [3.8, 4) is 0 Å². The van der Waals surface area contributed by atoms with Crippen LogP contribution >= 0.6 is 15.9 Å². The Labute approximate surface area is 86.5 Å². The Kier molecular flexibility index (Phi) is 2.55. The molecule has 0 unspecified atom stereocenters. The number of halogens is 1. The lowest BCUT2D eigenvalue weighted by Crippen LogP contribution is -1.97. The SMILES string of the molecule is Brc1ccc(C2=COC=C[B]2)cc1. The molecule has 1 radical (unpaired) electrons. The molecule has 3 heteroatoms. The van der Waals surface area contributed by atoms with E-state index < -0.39 is 0 Å². The maximum atomic E-state index is 5.08. The first-order valence-corrected chi connectivity index (χ1v) is 4.77. The summed E-state index contributed by atoms with van der Waals surface area (Å²) in [5, 5.41) is 0. The molecule has 1 aliphatic heterocycles. The minimum absolute atomic E-state index is 1.09. The predicted octanol–water partition coefficient (Wildman–Crippen LogP) is 2.95. The number of hydrogen-bond donors (Lipinski definition) is 0.